The van der Waals surface area contributed by atoms with Gasteiger partial charge in [-0.15, -0.1) is 0 Å². The summed E-state index contributed by atoms with van der Waals surface area (Å²) in [6.45, 7) is 2.89. The van der Waals surface area contributed by atoms with Crippen LogP contribution in [0.5, 0.6) is 0 Å². The van der Waals surface area contributed by atoms with Crippen LogP contribution in [0, 0.1) is 0 Å². The SMILES string of the molecule is CN1CCC(c2ccc3c(c2)ncn3C(=O)NCCc2ccccc2)CC1. The number of piperidine rings is 1. The van der Waals surface area contributed by atoms with Crippen LogP contribution in [-0.4, -0.2) is 47.2 Å². The Labute approximate surface area is 160 Å². The molecule has 1 aliphatic heterocycles. The first kappa shape index (κ1) is 17.7. The molecule has 1 amide bonds. The Balaban J connectivity index is 1.42. The van der Waals surface area contributed by atoms with Crippen LogP contribution in [0.15, 0.2) is 54.9 Å². The highest BCUT2D eigenvalue weighted by atomic mass is 16.2. The monoisotopic (exact) mass is 362 g/mol. The van der Waals surface area contributed by atoms with Crippen LogP contribution in [0.4, 0.5) is 4.79 Å². The molecule has 140 valence electrons. The molecule has 1 aromatic heterocycles. The van der Waals surface area contributed by atoms with Crippen LogP contribution in [-0.2, 0) is 6.42 Å². The van der Waals surface area contributed by atoms with Crippen LogP contribution in [0.2, 0.25) is 0 Å². The van der Waals surface area contributed by atoms with E-state index in [1.54, 1.807) is 10.9 Å². The zero-order chi connectivity index (χ0) is 18.6. The molecule has 3 aromatic rings. The van der Waals surface area contributed by atoms with Crippen molar-refractivity contribution in [3.63, 3.8) is 0 Å². The van der Waals surface area contributed by atoms with Crippen LogP contribution in [0.1, 0.15) is 29.9 Å². The molecular weight excluding hydrogens is 336 g/mol. The molecule has 0 saturated carbocycles. The summed E-state index contributed by atoms with van der Waals surface area (Å²) in [6, 6.07) is 16.4. The van der Waals surface area contributed by atoms with Gasteiger partial charge in [-0.05, 0) is 68.6 Å². The number of amides is 1. The third kappa shape index (κ3) is 4.03. The van der Waals surface area contributed by atoms with E-state index in [2.05, 4.69) is 46.5 Å². The van der Waals surface area contributed by atoms with Crippen molar-refractivity contribution in [3.05, 3.63) is 66.0 Å². The molecule has 5 nitrogen and oxygen atoms in total. The average molecular weight is 362 g/mol. The van der Waals surface area contributed by atoms with Crippen molar-refractivity contribution in [2.75, 3.05) is 26.7 Å². The quantitative estimate of drug-likeness (QED) is 0.771. The van der Waals surface area contributed by atoms with Gasteiger partial charge in [0.1, 0.15) is 6.33 Å². The van der Waals surface area contributed by atoms with E-state index >= 15 is 0 Å². The van der Waals surface area contributed by atoms with E-state index in [4.69, 9.17) is 0 Å². The number of hydrogen-bond donors (Lipinski definition) is 1. The molecule has 0 unspecified atom stereocenters. The summed E-state index contributed by atoms with van der Waals surface area (Å²) in [5.74, 6) is 0.593. The number of carbonyl (C=O) groups is 1. The second-order valence-electron chi connectivity index (χ2n) is 7.41. The van der Waals surface area contributed by atoms with Gasteiger partial charge in [0.2, 0.25) is 0 Å². The fourth-order valence-electron chi connectivity index (χ4n) is 3.83. The predicted octanol–water partition coefficient (Wildman–Crippen LogP) is 3.65. The van der Waals surface area contributed by atoms with Crippen molar-refractivity contribution in [1.82, 2.24) is 19.8 Å². The van der Waals surface area contributed by atoms with Gasteiger partial charge in [0.05, 0.1) is 11.0 Å². The number of fused-ring (bicyclic) bond motifs is 1. The maximum absolute atomic E-state index is 12.5. The number of benzene rings is 2. The first-order valence-corrected chi connectivity index (χ1v) is 9.68. The van der Waals surface area contributed by atoms with E-state index in [1.807, 2.05) is 24.3 Å². The van der Waals surface area contributed by atoms with Gasteiger partial charge in [-0.25, -0.2) is 9.78 Å². The first-order valence-electron chi connectivity index (χ1n) is 9.68. The van der Waals surface area contributed by atoms with Crippen molar-refractivity contribution in [1.29, 1.82) is 0 Å². The lowest BCUT2D eigenvalue weighted by Crippen LogP contribution is -2.30. The Morgan fingerprint density at radius 3 is 2.70 bits per heavy atom. The molecule has 4 rings (SSSR count). The number of nitrogens with zero attached hydrogens (tertiary/aromatic N) is 3. The Bertz CT molecular complexity index is 910. The van der Waals surface area contributed by atoms with E-state index in [9.17, 15) is 4.79 Å². The largest absolute Gasteiger partial charge is 0.337 e. The Hall–Kier alpha value is -2.66. The van der Waals surface area contributed by atoms with E-state index < -0.39 is 0 Å². The summed E-state index contributed by atoms with van der Waals surface area (Å²) in [5, 5.41) is 2.99. The fraction of sp³-hybridized carbons (Fsp3) is 0.364. The topological polar surface area (TPSA) is 50.2 Å². The number of hydrogen-bond acceptors (Lipinski definition) is 3. The molecule has 2 aromatic carbocycles. The van der Waals surface area contributed by atoms with Gasteiger partial charge in [-0.1, -0.05) is 36.4 Å². The summed E-state index contributed by atoms with van der Waals surface area (Å²) in [6.07, 6.45) is 4.81. The number of carbonyl (C=O) groups excluding carboxylic acids is 1. The molecule has 0 bridgehead atoms. The van der Waals surface area contributed by atoms with E-state index in [0.717, 1.165) is 30.5 Å². The van der Waals surface area contributed by atoms with Crippen molar-refractivity contribution < 1.29 is 4.79 Å². The number of likely N-dealkylation sites (tertiary alicyclic amines) is 1. The summed E-state index contributed by atoms with van der Waals surface area (Å²) in [4.78, 5) is 19.4. The lowest BCUT2D eigenvalue weighted by molar-refractivity contribution is 0.243. The van der Waals surface area contributed by atoms with Gasteiger partial charge in [-0.3, -0.25) is 4.57 Å². The van der Waals surface area contributed by atoms with Crippen molar-refractivity contribution >= 4 is 17.1 Å². The molecule has 5 heteroatoms. The molecule has 1 N–H and O–H groups in total. The second-order valence-corrected chi connectivity index (χ2v) is 7.41. The van der Waals surface area contributed by atoms with E-state index in [-0.39, 0.29) is 6.03 Å². The van der Waals surface area contributed by atoms with Crippen LogP contribution >= 0.6 is 0 Å². The number of rotatable bonds is 4. The summed E-state index contributed by atoms with van der Waals surface area (Å²) in [5.41, 5.74) is 4.31. The number of imidazole rings is 1. The smallest absolute Gasteiger partial charge is 0.327 e. The van der Waals surface area contributed by atoms with Gasteiger partial charge >= 0.3 is 6.03 Å². The third-order valence-electron chi connectivity index (χ3n) is 5.51. The van der Waals surface area contributed by atoms with Crippen LogP contribution in [0.25, 0.3) is 11.0 Å². The van der Waals surface area contributed by atoms with Crippen LogP contribution in [0.3, 0.4) is 0 Å². The molecule has 1 fully saturated rings. The fourth-order valence-corrected chi connectivity index (χ4v) is 3.83. The second kappa shape index (κ2) is 7.92. The van der Waals surface area contributed by atoms with E-state index in [1.165, 1.54) is 24.0 Å². The van der Waals surface area contributed by atoms with Gasteiger partial charge in [0.25, 0.3) is 0 Å². The zero-order valence-corrected chi connectivity index (χ0v) is 15.8. The van der Waals surface area contributed by atoms with Crippen molar-refractivity contribution in [2.24, 2.45) is 0 Å². The third-order valence-corrected chi connectivity index (χ3v) is 5.51. The minimum Gasteiger partial charge on any atom is -0.337 e. The highest BCUT2D eigenvalue weighted by molar-refractivity contribution is 5.89. The number of aromatic nitrogens is 2. The molecule has 0 radical (unpaired) electrons. The summed E-state index contributed by atoms with van der Waals surface area (Å²) in [7, 11) is 2.18. The van der Waals surface area contributed by atoms with Gasteiger partial charge in [0, 0.05) is 6.54 Å². The normalized spacial score (nSPS) is 15.9. The predicted molar refractivity (Wildman–Crippen MR) is 108 cm³/mol. The minimum absolute atomic E-state index is 0.125. The molecule has 0 atom stereocenters. The average Bonchev–Trinajstić information content (AvgIpc) is 3.12. The lowest BCUT2D eigenvalue weighted by atomic mass is 9.89. The number of nitrogens with one attached hydrogen (secondary N) is 1. The molecular formula is C22H26N4O. The molecule has 0 spiro atoms. The van der Waals surface area contributed by atoms with Gasteiger partial charge < -0.3 is 10.2 Å². The zero-order valence-electron chi connectivity index (χ0n) is 15.8. The maximum atomic E-state index is 12.5. The van der Waals surface area contributed by atoms with Crippen molar-refractivity contribution in [2.45, 2.75) is 25.2 Å². The maximum Gasteiger partial charge on any atom is 0.327 e. The Morgan fingerprint density at radius 2 is 1.93 bits per heavy atom. The highest BCUT2D eigenvalue weighted by Crippen LogP contribution is 2.29. The molecule has 1 aliphatic rings. The van der Waals surface area contributed by atoms with Crippen LogP contribution < -0.4 is 5.32 Å². The first-order chi connectivity index (χ1) is 13.2. The van der Waals surface area contributed by atoms with Gasteiger partial charge in [-0.2, -0.15) is 0 Å². The highest BCUT2D eigenvalue weighted by Gasteiger charge is 2.19. The summed E-state index contributed by atoms with van der Waals surface area (Å²) < 4.78 is 1.61. The molecule has 2 heterocycles. The lowest BCUT2D eigenvalue weighted by Gasteiger charge is -2.29. The summed E-state index contributed by atoms with van der Waals surface area (Å²) >= 11 is 0. The van der Waals surface area contributed by atoms with Gasteiger partial charge in [0.15, 0.2) is 0 Å². The Morgan fingerprint density at radius 1 is 1.15 bits per heavy atom. The standard InChI is InChI=1S/C22H26N4O/c1-25-13-10-18(11-14-25)19-7-8-21-20(15-19)24-16-26(21)22(27)23-12-9-17-5-3-2-4-6-17/h2-8,15-16,18H,9-14H2,1H3,(H,23,27). The van der Waals surface area contributed by atoms with E-state index in [0.29, 0.717) is 12.5 Å². The minimum atomic E-state index is -0.125. The van der Waals surface area contributed by atoms with Crippen molar-refractivity contribution in [3.8, 4) is 0 Å². The molecule has 27 heavy (non-hydrogen) atoms. The Kier molecular flexibility index (Phi) is 5.21. The molecule has 1 saturated heterocycles. The molecule has 0 aliphatic carbocycles.